The van der Waals surface area contributed by atoms with Gasteiger partial charge in [-0.2, -0.15) is 8.42 Å². The second kappa shape index (κ2) is 5.76. The highest BCUT2D eigenvalue weighted by Gasteiger charge is 2.12. The van der Waals surface area contributed by atoms with Crippen molar-refractivity contribution in [3.8, 4) is 11.4 Å². The number of imidazole rings is 1. The molecule has 5 nitrogen and oxygen atoms in total. The molecule has 0 amide bonds. The Balaban J connectivity index is 0.00000161. The number of fused-ring (bicyclic) bond motifs is 1. The van der Waals surface area contributed by atoms with Crippen LogP contribution >= 0.6 is 28.3 Å². The van der Waals surface area contributed by atoms with Crippen LogP contribution in [0.2, 0.25) is 0 Å². The van der Waals surface area contributed by atoms with Crippen molar-refractivity contribution < 1.29 is 13.0 Å². The van der Waals surface area contributed by atoms with E-state index in [4.69, 9.17) is 4.55 Å². The van der Waals surface area contributed by atoms with Crippen molar-refractivity contribution in [3.63, 3.8) is 0 Å². The van der Waals surface area contributed by atoms with Gasteiger partial charge in [0, 0.05) is 10.0 Å². The maximum absolute atomic E-state index is 11.1. The minimum atomic E-state index is -4.21. The van der Waals surface area contributed by atoms with Crippen molar-refractivity contribution in [1.29, 1.82) is 0 Å². The maximum atomic E-state index is 11.1. The summed E-state index contributed by atoms with van der Waals surface area (Å²) in [6, 6.07) is 11.8. The van der Waals surface area contributed by atoms with E-state index < -0.39 is 10.1 Å². The second-order valence-corrected chi connectivity index (χ2v) is 6.58. The molecule has 1 heterocycles. The number of nitrogens with one attached hydrogen (secondary N) is 1. The Hall–Kier alpha value is -1.41. The minimum absolute atomic E-state index is 0. The Labute approximate surface area is 135 Å². The number of nitrogens with zero attached hydrogens (tertiary/aromatic N) is 1. The van der Waals surface area contributed by atoms with Gasteiger partial charge in [0.2, 0.25) is 0 Å². The van der Waals surface area contributed by atoms with Gasteiger partial charge in [0.05, 0.1) is 15.9 Å². The normalized spacial score (nSPS) is 11.3. The molecular weight excluding hydrogens is 380 g/mol. The zero-order valence-electron chi connectivity index (χ0n) is 10.4. The van der Waals surface area contributed by atoms with Crippen LogP contribution in [-0.2, 0) is 10.1 Å². The van der Waals surface area contributed by atoms with Crippen LogP contribution in [0.3, 0.4) is 0 Å². The molecule has 0 aliphatic rings. The van der Waals surface area contributed by atoms with Crippen molar-refractivity contribution >= 4 is 49.5 Å². The molecule has 0 unspecified atom stereocenters. The van der Waals surface area contributed by atoms with E-state index in [1.165, 1.54) is 12.1 Å². The van der Waals surface area contributed by atoms with E-state index in [0.29, 0.717) is 16.9 Å². The zero-order valence-corrected chi connectivity index (χ0v) is 13.7. The van der Waals surface area contributed by atoms with Gasteiger partial charge in [-0.1, -0.05) is 28.1 Å². The molecule has 0 bridgehead atoms. The molecule has 8 heteroatoms. The molecule has 3 rings (SSSR count). The number of rotatable bonds is 2. The molecule has 2 N–H and O–H groups in total. The summed E-state index contributed by atoms with van der Waals surface area (Å²) in [4.78, 5) is 7.27. The lowest BCUT2D eigenvalue weighted by molar-refractivity contribution is 0.483. The summed E-state index contributed by atoms with van der Waals surface area (Å²) < 4.78 is 32.2. The molecule has 21 heavy (non-hydrogen) atoms. The largest absolute Gasteiger partial charge is 0.338 e. The van der Waals surface area contributed by atoms with Crippen LogP contribution in [0, 0.1) is 0 Å². The molecule has 1 aromatic heterocycles. The van der Waals surface area contributed by atoms with Crippen LogP contribution in [0.5, 0.6) is 0 Å². The summed E-state index contributed by atoms with van der Waals surface area (Å²) in [5, 5.41) is 0. The van der Waals surface area contributed by atoms with Crippen LogP contribution in [0.4, 0.5) is 0 Å². The van der Waals surface area contributed by atoms with Gasteiger partial charge < -0.3 is 4.98 Å². The van der Waals surface area contributed by atoms with Crippen LogP contribution < -0.4 is 0 Å². The first-order valence-electron chi connectivity index (χ1n) is 5.67. The predicted molar refractivity (Wildman–Crippen MR) is 86.3 cm³/mol. The molecule has 0 saturated carbocycles. The van der Waals surface area contributed by atoms with E-state index in [9.17, 15) is 8.42 Å². The van der Waals surface area contributed by atoms with Crippen LogP contribution in [0.1, 0.15) is 0 Å². The van der Waals surface area contributed by atoms with Crippen molar-refractivity contribution in [2.75, 3.05) is 0 Å². The second-order valence-electron chi connectivity index (χ2n) is 4.25. The van der Waals surface area contributed by atoms with E-state index >= 15 is 0 Å². The smallest absolute Gasteiger partial charge is 0.294 e. The quantitative estimate of drug-likeness (QED) is 0.655. The highest BCUT2D eigenvalue weighted by molar-refractivity contribution is 9.10. The highest BCUT2D eigenvalue weighted by Crippen LogP contribution is 2.23. The molecule has 0 aliphatic carbocycles. The maximum Gasteiger partial charge on any atom is 0.294 e. The molecular formula is C13H10BrClN2O3S. The minimum Gasteiger partial charge on any atom is -0.338 e. The number of hydrogen-bond donors (Lipinski definition) is 2. The summed E-state index contributed by atoms with van der Waals surface area (Å²) in [6.07, 6.45) is 0. The molecule has 3 aromatic rings. The van der Waals surface area contributed by atoms with Crippen molar-refractivity contribution in [2.24, 2.45) is 0 Å². The molecule has 0 saturated heterocycles. The molecule has 0 radical (unpaired) electrons. The van der Waals surface area contributed by atoms with Gasteiger partial charge in [0.15, 0.2) is 0 Å². The third-order valence-electron chi connectivity index (χ3n) is 2.87. The van der Waals surface area contributed by atoms with E-state index in [-0.39, 0.29) is 17.3 Å². The summed E-state index contributed by atoms with van der Waals surface area (Å²) in [5.74, 6) is 0.639. The lowest BCUT2D eigenvalue weighted by atomic mass is 10.2. The van der Waals surface area contributed by atoms with E-state index in [2.05, 4.69) is 25.9 Å². The highest BCUT2D eigenvalue weighted by atomic mass is 79.9. The fourth-order valence-corrected chi connectivity index (χ4v) is 2.66. The third-order valence-corrected chi connectivity index (χ3v) is 4.25. The number of halogens is 2. The number of aromatic nitrogens is 2. The van der Waals surface area contributed by atoms with Crippen molar-refractivity contribution in [2.45, 2.75) is 4.90 Å². The first-order valence-corrected chi connectivity index (χ1v) is 7.90. The van der Waals surface area contributed by atoms with Crippen LogP contribution in [-0.4, -0.2) is 22.9 Å². The first kappa shape index (κ1) is 16.0. The molecule has 0 atom stereocenters. The van der Waals surface area contributed by atoms with Crippen molar-refractivity contribution in [1.82, 2.24) is 9.97 Å². The van der Waals surface area contributed by atoms with Gasteiger partial charge in [0.25, 0.3) is 10.1 Å². The topological polar surface area (TPSA) is 83.1 Å². The average molecular weight is 390 g/mol. The molecule has 110 valence electrons. The fourth-order valence-electron chi connectivity index (χ4n) is 1.89. The number of aromatic amines is 1. The van der Waals surface area contributed by atoms with E-state index in [0.717, 1.165) is 10.0 Å². The molecule has 0 aliphatic heterocycles. The zero-order chi connectivity index (χ0) is 14.3. The van der Waals surface area contributed by atoms with Gasteiger partial charge >= 0.3 is 0 Å². The Morgan fingerprint density at radius 3 is 2.38 bits per heavy atom. The van der Waals surface area contributed by atoms with Gasteiger partial charge in [-0.3, -0.25) is 4.55 Å². The summed E-state index contributed by atoms with van der Waals surface area (Å²) in [7, 11) is -4.21. The summed E-state index contributed by atoms with van der Waals surface area (Å²) in [5.41, 5.74) is 2.08. The number of hydrogen-bond acceptors (Lipinski definition) is 3. The monoisotopic (exact) mass is 388 g/mol. The summed E-state index contributed by atoms with van der Waals surface area (Å²) >= 11 is 3.36. The molecule has 0 spiro atoms. The van der Waals surface area contributed by atoms with Crippen LogP contribution in [0.25, 0.3) is 22.4 Å². The van der Waals surface area contributed by atoms with E-state index in [1.54, 1.807) is 6.07 Å². The Morgan fingerprint density at radius 1 is 1.10 bits per heavy atom. The number of H-pyrrole nitrogens is 1. The predicted octanol–water partition coefficient (Wildman–Crippen LogP) is 3.66. The molecule has 2 aromatic carbocycles. The Kier molecular flexibility index (Phi) is 4.38. The Morgan fingerprint density at radius 2 is 1.76 bits per heavy atom. The molecule has 0 fully saturated rings. The van der Waals surface area contributed by atoms with E-state index in [1.807, 2.05) is 24.3 Å². The van der Waals surface area contributed by atoms with Gasteiger partial charge in [-0.05, 0) is 30.3 Å². The third kappa shape index (κ3) is 3.26. The van der Waals surface area contributed by atoms with Gasteiger partial charge in [0.1, 0.15) is 5.82 Å². The Bertz CT molecular complexity index is 891. The lowest BCUT2D eigenvalue weighted by Gasteiger charge is -1.96. The van der Waals surface area contributed by atoms with Gasteiger partial charge in [-0.15, -0.1) is 12.4 Å². The lowest BCUT2D eigenvalue weighted by Crippen LogP contribution is -1.97. The summed E-state index contributed by atoms with van der Waals surface area (Å²) in [6.45, 7) is 0. The SMILES string of the molecule is Cl.O=S(=O)(O)c1ccc2nc(-c3ccc(Br)cc3)[nH]c2c1. The standard InChI is InChI=1S/C13H9BrN2O3S.ClH/c14-9-3-1-8(2-4-9)13-15-11-6-5-10(20(17,18)19)7-12(11)16-13;/h1-7H,(H,15,16)(H,17,18,19);1H. The number of benzene rings is 2. The first-order chi connectivity index (χ1) is 9.43. The van der Waals surface area contributed by atoms with Crippen molar-refractivity contribution in [3.05, 3.63) is 46.9 Å². The van der Waals surface area contributed by atoms with Crippen LogP contribution in [0.15, 0.2) is 51.8 Å². The fraction of sp³-hybridized carbons (Fsp3) is 0. The van der Waals surface area contributed by atoms with Gasteiger partial charge in [-0.25, -0.2) is 4.98 Å². The average Bonchev–Trinajstić information content (AvgIpc) is 2.81.